The van der Waals surface area contributed by atoms with Crippen LogP contribution in [0.25, 0.3) is 5.69 Å². The standard InChI is InChI=1S/C14H18ClN3/c1-3-4-14-17-7-8-18(14)11-5-6-12(10(2)16)13(15)9-11/h5-10H,3-4,16H2,1-2H3. The first-order valence-corrected chi connectivity index (χ1v) is 6.59. The average Bonchev–Trinajstić information content (AvgIpc) is 2.77. The van der Waals surface area contributed by atoms with Crippen molar-refractivity contribution in [1.82, 2.24) is 9.55 Å². The van der Waals surface area contributed by atoms with Gasteiger partial charge in [0.05, 0.1) is 0 Å². The number of benzene rings is 1. The lowest BCUT2D eigenvalue weighted by molar-refractivity contribution is 0.803. The average molecular weight is 264 g/mol. The van der Waals surface area contributed by atoms with Crippen molar-refractivity contribution in [2.45, 2.75) is 32.7 Å². The second-order valence-corrected chi connectivity index (χ2v) is 4.87. The van der Waals surface area contributed by atoms with E-state index >= 15 is 0 Å². The quantitative estimate of drug-likeness (QED) is 0.918. The molecule has 1 unspecified atom stereocenters. The van der Waals surface area contributed by atoms with Crippen LogP contribution in [0.4, 0.5) is 0 Å². The molecule has 18 heavy (non-hydrogen) atoms. The van der Waals surface area contributed by atoms with E-state index in [4.69, 9.17) is 17.3 Å². The van der Waals surface area contributed by atoms with E-state index < -0.39 is 0 Å². The Kier molecular flexibility index (Phi) is 4.04. The molecule has 0 aliphatic carbocycles. The van der Waals surface area contributed by atoms with Gasteiger partial charge in [-0.15, -0.1) is 0 Å². The normalized spacial score (nSPS) is 12.7. The largest absolute Gasteiger partial charge is 0.324 e. The summed E-state index contributed by atoms with van der Waals surface area (Å²) >= 11 is 6.26. The third-order valence-corrected chi connectivity index (χ3v) is 3.27. The van der Waals surface area contributed by atoms with Crippen molar-refractivity contribution in [3.8, 4) is 5.69 Å². The maximum absolute atomic E-state index is 6.26. The molecule has 0 bridgehead atoms. The highest BCUT2D eigenvalue weighted by atomic mass is 35.5. The maximum atomic E-state index is 6.26. The molecule has 0 saturated carbocycles. The molecular formula is C14H18ClN3. The van der Waals surface area contributed by atoms with Gasteiger partial charge in [-0.3, -0.25) is 0 Å². The van der Waals surface area contributed by atoms with E-state index in [1.165, 1.54) is 0 Å². The Hall–Kier alpha value is -1.32. The fraction of sp³-hybridized carbons (Fsp3) is 0.357. The predicted molar refractivity (Wildman–Crippen MR) is 75.2 cm³/mol. The van der Waals surface area contributed by atoms with Crippen LogP contribution >= 0.6 is 11.6 Å². The molecule has 0 aliphatic rings. The summed E-state index contributed by atoms with van der Waals surface area (Å²) in [5, 5.41) is 0.707. The van der Waals surface area contributed by atoms with Crippen molar-refractivity contribution < 1.29 is 0 Å². The molecule has 0 amide bonds. The van der Waals surface area contributed by atoms with Gasteiger partial charge in [0.1, 0.15) is 5.82 Å². The SMILES string of the molecule is CCCc1nccn1-c1ccc(C(C)N)c(Cl)c1. The second-order valence-electron chi connectivity index (χ2n) is 4.46. The zero-order chi connectivity index (χ0) is 13.1. The van der Waals surface area contributed by atoms with Gasteiger partial charge in [0.15, 0.2) is 0 Å². The van der Waals surface area contributed by atoms with Gasteiger partial charge >= 0.3 is 0 Å². The lowest BCUT2D eigenvalue weighted by Crippen LogP contribution is -2.06. The van der Waals surface area contributed by atoms with Gasteiger partial charge in [-0.05, 0) is 31.0 Å². The summed E-state index contributed by atoms with van der Waals surface area (Å²) in [6.45, 7) is 4.08. The highest BCUT2D eigenvalue weighted by molar-refractivity contribution is 6.31. The van der Waals surface area contributed by atoms with Crippen molar-refractivity contribution in [2.75, 3.05) is 0 Å². The number of hydrogen-bond donors (Lipinski definition) is 1. The summed E-state index contributed by atoms with van der Waals surface area (Å²) in [4.78, 5) is 4.36. The summed E-state index contributed by atoms with van der Waals surface area (Å²) in [6.07, 6.45) is 5.81. The fourth-order valence-electron chi connectivity index (χ4n) is 2.01. The molecule has 2 rings (SSSR count). The van der Waals surface area contributed by atoms with Crippen LogP contribution in [0, 0.1) is 0 Å². The number of nitrogens with zero attached hydrogens (tertiary/aromatic N) is 2. The van der Waals surface area contributed by atoms with Crippen LogP contribution in [0.1, 0.15) is 37.7 Å². The van der Waals surface area contributed by atoms with Gasteiger partial charge in [0.2, 0.25) is 0 Å². The zero-order valence-electron chi connectivity index (χ0n) is 10.7. The minimum Gasteiger partial charge on any atom is -0.324 e. The van der Waals surface area contributed by atoms with Gasteiger partial charge in [-0.25, -0.2) is 4.98 Å². The minimum absolute atomic E-state index is 0.0514. The molecule has 0 spiro atoms. The Balaban J connectivity index is 2.39. The Morgan fingerprint density at radius 1 is 1.44 bits per heavy atom. The topological polar surface area (TPSA) is 43.8 Å². The number of imidazole rings is 1. The minimum atomic E-state index is -0.0514. The van der Waals surface area contributed by atoms with E-state index in [1.807, 2.05) is 37.5 Å². The molecule has 1 atom stereocenters. The molecule has 0 aliphatic heterocycles. The number of aromatic nitrogens is 2. The molecular weight excluding hydrogens is 246 g/mol. The number of halogens is 1. The fourth-order valence-corrected chi connectivity index (χ4v) is 2.36. The molecule has 0 saturated heterocycles. The molecule has 1 aromatic heterocycles. The van der Waals surface area contributed by atoms with E-state index in [-0.39, 0.29) is 6.04 Å². The van der Waals surface area contributed by atoms with Crippen LogP contribution in [-0.4, -0.2) is 9.55 Å². The summed E-state index contributed by atoms with van der Waals surface area (Å²) in [7, 11) is 0. The van der Waals surface area contributed by atoms with Crippen molar-refractivity contribution in [2.24, 2.45) is 5.73 Å². The molecule has 2 N–H and O–H groups in total. The van der Waals surface area contributed by atoms with Crippen LogP contribution in [0.2, 0.25) is 5.02 Å². The van der Waals surface area contributed by atoms with E-state index in [0.29, 0.717) is 5.02 Å². The summed E-state index contributed by atoms with van der Waals surface area (Å²) < 4.78 is 2.07. The number of aryl methyl sites for hydroxylation is 1. The van der Waals surface area contributed by atoms with Crippen LogP contribution < -0.4 is 5.73 Å². The number of rotatable bonds is 4. The van der Waals surface area contributed by atoms with E-state index in [0.717, 1.165) is 29.9 Å². The predicted octanol–water partition coefficient (Wildman–Crippen LogP) is 3.50. The van der Waals surface area contributed by atoms with Crippen LogP contribution in [0.15, 0.2) is 30.6 Å². The van der Waals surface area contributed by atoms with Crippen molar-refractivity contribution in [1.29, 1.82) is 0 Å². The summed E-state index contributed by atoms with van der Waals surface area (Å²) in [5.41, 5.74) is 7.86. The lowest BCUT2D eigenvalue weighted by atomic mass is 10.1. The smallest absolute Gasteiger partial charge is 0.113 e. The third kappa shape index (κ3) is 2.57. The first kappa shape index (κ1) is 13.1. The molecule has 96 valence electrons. The molecule has 3 nitrogen and oxygen atoms in total. The molecule has 1 heterocycles. The monoisotopic (exact) mass is 263 g/mol. The van der Waals surface area contributed by atoms with E-state index in [2.05, 4.69) is 16.5 Å². The van der Waals surface area contributed by atoms with Crippen LogP contribution in [0.3, 0.4) is 0 Å². The summed E-state index contributed by atoms with van der Waals surface area (Å²) in [5.74, 6) is 1.06. The Morgan fingerprint density at radius 3 is 2.83 bits per heavy atom. The maximum Gasteiger partial charge on any atom is 0.113 e. The first-order chi connectivity index (χ1) is 8.63. The van der Waals surface area contributed by atoms with Crippen molar-refractivity contribution >= 4 is 11.6 Å². The molecule has 0 fully saturated rings. The van der Waals surface area contributed by atoms with Crippen molar-refractivity contribution in [3.63, 3.8) is 0 Å². The Bertz CT molecular complexity index is 532. The molecule has 0 radical (unpaired) electrons. The van der Waals surface area contributed by atoms with Gasteiger partial charge in [0, 0.05) is 35.6 Å². The number of hydrogen-bond acceptors (Lipinski definition) is 2. The van der Waals surface area contributed by atoms with Crippen LogP contribution in [0.5, 0.6) is 0 Å². The Morgan fingerprint density at radius 2 is 2.22 bits per heavy atom. The second kappa shape index (κ2) is 5.55. The highest BCUT2D eigenvalue weighted by Gasteiger charge is 2.09. The highest BCUT2D eigenvalue weighted by Crippen LogP contribution is 2.25. The lowest BCUT2D eigenvalue weighted by Gasteiger charge is -2.12. The first-order valence-electron chi connectivity index (χ1n) is 6.21. The van der Waals surface area contributed by atoms with Crippen LogP contribution in [-0.2, 0) is 6.42 Å². The van der Waals surface area contributed by atoms with Gasteiger partial charge in [-0.1, -0.05) is 24.6 Å². The third-order valence-electron chi connectivity index (χ3n) is 2.94. The van der Waals surface area contributed by atoms with Gasteiger partial charge < -0.3 is 10.3 Å². The molecule has 1 aromatic carbocycles. The zero-order valence-corrected chi connectivity index (χ0v) is 11.5. The molecule has 2 aromatic rings. The Labute approximate surface area is 113 Å². The summed E-state index contributed by atoms with van der Waals surface area (Å²) in [6, 6.07) is 5.91. The number of nitrogens with two attached hydrogens (primary N) is 1. The molecule has 4 heteroatoms. The van der Waals surface area contributed by atoms with E-state index in [9.17, 15) is 0 Å². The van der Waals surface area contributed by atoms with Gasteiger partial charge in [-0.2, -0.15) is 0 Å². The van der Waals surface area contributed by atoms with Gasteiger partial charge in [0.25, 0.3) is 0 Å². The van der Waals surface area contributed by atoms with Crippen molar-refractivity contribution in [3.05, 3.63) is 47.0 Å². The van der Waals surface area contributed by atoms with E-state index in [1.54, 1.807) is 0 Å².